The molecule has 2 aromatic carbocycles. The summed E-state index contributed by atoms with van der Waals surface area (Å²) in [6.45, 7) is 1.51. The fraction of sp³-hybridized carbons (Fsp3) is 0.263. The zero-order chi connectivity index (χ0) is 19.4. The van der Waals surface area contributed by atoms with Crippen LogP contribution in [-0.4, -0.2) is 37.6 Å². The third-order valence-electron chi connectivity index (χ3n) is 3.89. The molecule has 7 nitrogen and oxygen atoms in total. The van der Waals surface area contributed by atoms with E-state index in [1.165, 1.54) is 11.9 Å². The van der Waals surface area contributed by atoms with Gasteiger partial charge in [0, 0.05) is 11.4 Å². The van der Waals surface area contributed by atoms with Crippen LogP contribution in [0.3, 0.4) is 0 Å². The molecule has 1 aliphatic heterocycles. The van der Waals surface area contributed by atoms with Crippen LogP contribution in [0.25, 0.3) is 0 Å². The highest BCUT2D eigenvalue weighted by Gasteiger charge is 2.35. The highest BCUT2D eigenvalue weighted by molar-refractivity contribution is 9.10. The van der Waals surface area contributed by atoms with Crippen LogP contribution in [0.2, 0.25) is 0 Å². The lowest BCUT2D eigenvalue weighted by Gasteiger charge is -2.21. The van der Waals surface area contributed by atoms with Crippen LogP contribution in [0.5, 0.6) is 17.2 Å². The second-order valence-electron chi connectivity index (χ2n) is 5.68. The predicted molar refractivity (Wildman–Crippen MR) is 103 cm³/mol. The highest BCUT2D eigenvalue weighted by Crippen LogP contribution is 2.36. The van der Waals surface area contributed by atoms with Crippen molar-refractivity contribution in [2.45, 2.75) is 13.2 Å². The van der Waals surface area contributed by atoms with Crippen molar-refractivity contribution in [1.29, 1.82) is 0 Å². The Hall–Kier alpha value is -2.74. The Kier molecular flexibility index (Phi) is 5.85. The van der Waals surface area contributed by atoms with Crippen molar-refractivity contribution >= 4 is 27.7 Å². The number of ether oxygens (including phenoxy) is 4. The molecule has 0 bridgehead atoms. The van der Waals surface area contributed by atoms with Crippen LogP contribution < -0.4 is 14.2 Å². The Bertz CT molecular complexity index is 854. The third kappa shape index (κ3) is 4.33. The van der Waals surface area contributed by atoms with Crippen LogP contribution in [0.4, 0.5) is 0 Å². The Balaban J connectivity index is 1.80. The summed E-state index contributed by atoms with van der Waals surface area (Å²) in [6, 6.07) is 12.7. The summed E-state index contributed by atoms with van der Waals surface area (Å²) in [4.78, 5) is 12.1. The summed E-state index contributed by atoms with van der Waals surface area (Å²) in [5.41, 5.74) is 0.634. The molecular formula is C19H19BrN2O5. The van der Waals surface area contributed by atoms with E-state index in [4.69, 9.17) is 18.9 Å². The molecular weight excluding hydrogens is 416 g/mol. The minimum atomic E-state index is -0.754. The van der Waals surface area contributed by atoms with Gasteiger partial charge in [-0.05, 0) is 42.5 Å². The number of hydrogen-bond donors (Lipinski definition) is 0. The van der Waals surface area contributed by atoms with E-state index in [1.807, 2.05) is 24.3 Å². The summed E-state index contributed by atoms with van der Waals surface area (Å²) >= 11 is 3.38. The summed E-state index contributed by atoms with van der Waals surface area (Å²) in [5.74, 6) is 1.89. The van der Waals surface area contributed by atoms with Gasteiger partial charge in [0.15, 0.2) is 6.61 Å². The van der Waals surface area contributed by atoms with Gasteiger partial charge in [0.25, 0.3) is 0 Å². The van der Waals surface area contributed by atoms with E-state index in [0.29, 0.717) is 28.7 Å². The van der Waals surface area contributed by atoms with Crippen molar-refractivity contribution < 1.29 is 23.7 Å². The average Bonchev–Trinajstić information content (AvgIpc) is 3.11. The number of nitrogens with zero attached hydrogens (tertiary/aromatic N) is 2. The smallest absolute Gasteiger partial charge is 0.247 e. The summed E-state index contributed by atoms with van der Waals surface area (Å²) < 4.78 is 23.2. The van der Waals surface area contributed by atoms with E-state index in [2.05, 4.69) is 21.0 Å². The van der Waals surface area contributed by atoms with Gasteiger partial charge in [-0.2, -0.15) is 5.01 Å². The molecule has 2 aromatic rings. The predicted octanol–water partition coefficient (Wildman–Crippen LogP) is 3.74. The van der Waals surface area contributed by atoms with Crippen LogP contribution in [0.1, 0.15) is 18.7 Å². The molecule has 1 unspecified atom stereocenters. The molecule has 0 aliphatic carbocycles. The first-order chi connectivity index (χ1) is 13.0. The molecule has 27 heavy (non-hydrogen) atoms. The number of hydrogen-bond acceptors (Lipinski definition) is 6. The Morgan fingerprint density at radius 1 is 1.15 bits per heavy atom. The van der Waals surface area contributed by atoms with Gasteiger partial charge in [0.2, 0.25) is 18.0 Å². The molecule has 0 radical (unpaired) electrons. The fourth-order valence-electron chi connectivity index (χ4n) is 2.58. The normalized spacial score (nSPS) is 15.8. The maximum Gasteiger partial charge on any atom is 0.247 e. The molecule has 0 spiro atoms. The molecule has 0 saturated carbocycles. The number of methoxy groups -OCH3 is 2. The maximum absolute atomic E-state index is 12.1. The van der Waals surface area contributed by atoms with Crippen LogP contribution in [-0.2, 0) is 9.53 Å². The summed E-state index contributed by atoms with van der Waals surface area (Å²) in [5, 5.41) is 5.52. The van der Waals surface area contributed by atoms with Gasteiger partial charge in [-0.15, -0.1) is 5.10 Å². The van der Waals surface area contributed by atoms with E-state index >= 15 is 0 Å². The van der Waals surface area contributed by atoms with Crippen molar-refractivity contribution in [1.82, 2.24) is 5.01 Å². The van der Waals surface area contributed by atoms with Gasteiger partial charge in [-0.25, -0.2) is 0 Å². The number of rotatable bonds is 6. The molecule has 1 aliphatic rings. The number of carbonyl (C=O) groups excluding carboxylic acids is 1. The number of benzene rings is 2. The minimum absolute atomic E-state index is 0.0915. The molecule has 1 heterocycles. The zero-order valence-electron chi connectivity index (χ0n) is 15.1. The van der Waals surface area contributed by atoms with Crippen molar-refractivity contribution in [2.24, 2.45) is 5.10 Å². The van der Waals surface area contributed by atoms with Gasteiger partial charge >= 0.3 is 0 Å². The first-order valence-corrected chi connectivity index (χ1v) is 8.95. The fourth-order valence-corrected chi connectivity index (χ4v) is 2.84. The van der Waals surface area contributed by atoms with E-state index < -0.39 is 6.23 Å². The standard InChI is InChI=1S/C19H19BrN2O5/c1-12(23)22-19(16-10-15(24-2)8-9-17(16)25-3)27-18(21-22)11-26-14-6-4-13(20)5-7-14/h4-10,19H,11H2,1-3H3. The second kappa shape index (κ2) is 8.30. The lowest BCUT2D eigenvalue weighted by molar-refractivity contribution is -0.135. The Labute approximate surface area is 165 Å². The van der Waals surface area contributed by atoms with Gasteiger partial charge < -0.3 is 18.9 Å². The van der Waals surface area contributed by atoms with Crippen molar-refractivity contribution in [3.05, 3.63) is 52.5 Å². The van der Waals surface area contributed by atoms with Gasteiger partial charge in [-0.3, -0.25) is 4.79 Å². The first-order valence-electron chi connectivity index (χ1n) is 8.16. The Morgan fingerprint density at radius 2 is 1.85 bits per heavy atom. The van der Waals surface area contributed by atoms with E-state index in [9.17, 15) is 4.79 Å². The van der Waals surface area contributed by atoms with Gasteiger partial charge in [-0.1, -0.05) is 15.9 Å². The molecule has 142 valence electrons. The number of amides is 1. The van der Waals surface area contributed by atoms with Crippen molar-refractivity contribution in [3.8, 4) is 17.2 Å². The first kappa shape index (κ1) is 19.0. The average molecular weight is 435 g/mol. The van der Waals surface area contributed by atoms with E-state index in [0.717, 1.165) is 4.47 Å². The topological polar surface area (TPSA) is 69.6 Å². The summed E-state index contributed by atoms with van der Waals surface area (Å²) in [7, 11) is 3.12. The molecule has 1 atom stereocenters. The minimum Gasteiger partial charge on any atom is -0.497 e. The SMILES string of the molecule is COc1ccc(OC)c(C2OC(COc3ccc(Br)cc3)=NN2C(C)=O)c1. The lowest BCUT2D eigenvalue weighted by atomic mass is 10.1. The molecule has 0 fully saturated rings. The molecule has 0 saturated heterocycles. The van der Waals surface area contributed by atoms with Gasteiger partial charge in [0.05, 0.1) is 19.8 Å². The van der Waals surface area contributed by atoms with Crippen LogP contribution in [0.15, 0.2) is 52.0 Å². The largest absolute Gasteiger partial charge is 0.497 e. The van der Waals surface area contributed by atoms with E-state index in [1.54, 1.807) is 32.4 Å². The number of hydrazone groups is 1. The van der Waals surface area contributed by atoms with E-state index in [-0.39, 0.29) is 12.5 Å². The van der Waals surface area contributed by atoms with Crippen LogP contribution >= 0.6 is 15.9 Å². The molecule has 0 N–H and O–H groups in total. The second-order valence-corrected chi connectivity index (χ2v) is 6.59. The van der Waals surface area contributed by atoms with Crippen LogP contribution in [0, 0.1) is 0 Å². The highest BCUT2D eigenvalue weighted by atomic mass is 79.9. The summed E-state index contributed by atoms with van der Waals surface area (Å²) in [6.07, 6.45) is -0.754. The maximum atomic E-state index is 12.1. The molecule has 8 heteroatoms. The molecule has 1 amide bonds. The lowest BCUT2D eigenvalue weighted by Crippen LogP contribution is -2.25. The third-order valence-corrected chi connectivity index (χ3v) is 4.42. The quantitative estimate of drug-likeness (QED) is 0.692. The molecule has 3 rings (SSSR count). The monoisotopic (exact) mass is 434 g/mol. The number of halogens is 1. The van der Waals surface area contributed by atoms with Crippen molar-refractivity contribution in [2.75, 3.05) is 20.8 Å². The van der Waals surface area contributed by atoms with Gasteiger partial charge in [0.1, 0.15) is 17.2 Å². The molecule has 0 aromatic heterocycles. The number of carbonyl (C=O) groups is 1. The zero-order valence-corrected chi connectivity index (χ0v) is 16.7. The Morgan fingerprint density at radius 3 is 2.48 bits per heavy atom. The van der Waals surface area contributed by atoms with Crippen molar-refractivity contribution in [3.63, 3.8) is 0 Å².